The minimum absolute atomic E-state index is 0.0474. The third-order valence-corrected chi connectivity index (χ3v) is 8.70. The molecule has 0 aromatic heterocycles. The molecule has 1 aromatic rings. The van der Waals surface area contributed by atoms with E-state index in [1.807, 2.05) is 0 Å². The lowest BCUT2D eigenvalue weighted by molar-refractivity contribution is -0.0212. The van der Waals surface area contributed by atoms with E-state index in [0.717, 1.165) is 13.0 Å². The average molecular weight is 691 g/mol. The topological polar surface area (TPSA) is 108 Å². The molecular formula is C36H66O10S. The first-order valence-electron chi connectivity index (χ1n) is 18.2. The van der Waals surface area contributed by atoms with Gasteiger partial charge >= 0.3 is 0 Å². The Morgan fingerprint density at radius 3 is 1.04 bits per heavy atom. The van der Waals surface area contributed by atoms with Gasteiger partial charge in [-0.15, -0.1) is 0 Å². The van der Waals surface area contributed by atoms with E-state index in [1.165, 1.54) is 95.6 Å². The molecule has 0 saturated heterocycles. The molecule has 0 atom stereocenters. The molecule has 0 bridgehead atoms. The molecule has 0 saturated carbocycles. The molecule has 1 rings (SSSR count). The number of benzene rings is 1. The van der Waals surface area contributed by atoms with Gasteiger partial charge in [-0.1, -0.05) is 109 Å². The molecule has 47 heavy (non-hydrogen) atoms. The fourth-order valence-electron chi connectivity index (χ4n) is 4.68. The number of ether oxygens (including phenoxy) is 7. The van der Waals surface area contributed by atoms with Crippen LogP contribution >= 0.6 is 0 Å². The summed E-state index contributed by atoms with van der Waals surface area (Å²) in [5.74, 6) is 0. The Kier molecular flexibility index (Phi) is 32.4. The van der Waals surface area contributed by atoms with Crippen LogP contribution in [0.15, 0.2) is 35.2 Å². The summed E-state index contributed by atoms with van der Waals surface area (Å²) < 4.78 is 67.3. The number of hydrogen-bond donors (Lipinski definition) is 0. The second-order valence-corrected chi connectivity index (χ2v) is 13.1. The molecule has 0 amide bonds. The summed E-state index contributed by atoms with van der Waals surface area (Å²) in [4.78, 5) is 0.129. The molecule has 276 valence electrons. The van der Waals surface area contributed by atoms with Crippen molar-refractivity contribution < 1.29 is 45.8 Å². The molecule has 0 aliphatic heterocycles. The minimum atomic E-state index is -3.75. The maximum Gasteiger partial charge on any atom is 0.297 e. The summed E-state index contributed by atoms with van der Waals surface area (Å²) in [6.07, 6.45) is 19.2. The van der Waals surface area contributed by atoms with Crippen molar-refractivity contribution in [1.29, 1.82) is 0 Å². The Morgan fingerprint density at radius 1 is 0.383 bits per heavy atom. The van der Waals surface area contributed by atoms with Crippen molar-refractivity contribution in [3.05, 3.63) is 30.3 Å². The summed E-state index contributed by atoms with van der Waals surface area (Å²) in [5.41, 5.74) is 0. The van der Waals surface area contributed by atoms with Crippen molar-refractivity contribution >= 4 is 10.1 Å². The van der Waals surface area contributed by atoms with E-state index in [-0.39, 0.29) is 18.1 Å². The first-order chi connectivity index (χ1) is 23.2. The van der Waals surface area contributed by atoms with Gasteiger partial charge in [0.15, 0.2) is 0 Å². The molecular weight excluding hydrogens is 624 g/mol. The quantitative estimate of drug-likeness (QED) is 0.0532. The molecule has 0 aliphatic rings. The Morgan fingerprint density at radius 2 is 0.681 bits per heavy atom. The Bertz CT molecular complexity index is 857. The van der Waals surface area contributed by atoms with Crippen LogP contribution in [0.5, 0.6) is 0 Å². The minimum Gasteiger partial charge on any atom is -0.379 e. The summed E-state index contributed by atoms with van der Waals surface area (Å²) in [5, 5.41) is 0. The molecule has 1 aromatic carbocycles. The fourth-order valence-corrected chi connectivity index (χ4v) is 5.59. The first kappa shape index (κ1) is 43.9. The highest BCUT2D eigenvalue weighted by Crippen LogP contribution is 2.13. The fraction of sp³-hybridized carbons (Fsp3) is 0.833. The third kappa shape index (κ3) is 30.6. The number of unbranched alkanes of at least 4 members (excludes halogenated alkanes) is 13. The van der Waals surface area contributed by atoms with Gasteiger partial charge in [-0.2, -0.15) is 8.42 Å². The van der Waals surface area contributed by atoms with Gasteiger partial charge in [-0.3, -0.25) is 4.18 Å². The molecule has 11 heteroatoms. The van der Waals surface area contributed by atoms with Crippen LogP contribution in [0.4, 0.5) is 0 Å². The van der Waals surface area contributed by atoms with Crippen LogP contribution in [0.1, 0.15) is 96.8 Å². The molecule has 0 aliphatic carbocycles. The van der Waals surface area contributed by atoms with Crippen molar-refractivity contribution in [3.63, 3.8) is 0 Å². The van der Waals surface area contributed by atoms with E-state index in [1.54, 1.807) is 18.2 Å². The van der Waals surface area contributed by atoms with Gasteiger partial charge in [-0.25, -0.2) is 0 Å². The lowest BCUT2D eigenvalue weighted by atomic mass is 10.0. The predicted molar refractivity (Wildman–Crippen MR) is 186 cm³/mol. The van der Waals surface area contributed by atoms with E-state index < -0.39 is 10.1 Å². The standard InChI is InChI=1S/C36H66O10S/c1-2-3-4-5-6-7-8-9-10-11-12-13-14-18-21-39-22-23-40-24-25-41-26-27-42-28-29-43-30-31-44-32-33-45-34-35-46-47(37,38)36-19-16-15-17-20-36/h15-17,19-20H,2-14,18,21-35H2,1H3. The van der Waals surface area contributed by atoms with Gasteiger partial charge in [0.05, 0.1) is 97.4 Å². The zero-order valence-electron chi connectivity index (χ0n) is 29.4. The van der Waals surface area contributed by atoms with Crippen molar-refractivity contribution in [3.8, 4) is 0 Å². The number of rotatable bonds is 38. The van der Waals surface area contributed by atoms with Gasteiger partial charge in [0.2, 0.25) is 0 Å². The summed E-state index contributed by atoms with van der Waals surface area (Å²) in [6, 6.07) is 8.02. The molecule has 0 radical (unpaired) electrons. The van der Waals surface area contributed by atoms with Crippen molar-refractivity contribution in [1.82, 2.24) is 0 Å². The maximum absolute atomic E-state index is 12.0. The van der Waals surface area contributed by atoms with Crippen LogP contribution in [0.2, 0.25) is 0 Å². The van der Waals surface area contributed by atoms with Crippen LogP contribution < -0.4 is 0 Å². The molecule has 10 nitrogen and oxygen atoms in total. The van der Waals surface area contributed by atoms with Crippen LogP contribution in [0.3, 0.4) is 0 Å². The number of hydrogen-bond acceptors (Lipinski definition) is 10. The van der Waals surface area contributed by atoms with E-state index in [0.29, 0.717) is 79.3 Å². The van der Waals surface area contributed by atoms with Crippen LogP contribution in [0, 0.1) is 0 Å². The Balaban J connectivity index is 1.65. The highest BCUT2D eigenvalue weighted by molar-refractivity contribution is 7.86. The average Bonchev–Trinajstić information content (AvgIpc) is 3.08. The first-order valence-corrected chi connectivity index (χ1v) is 19.6. The predicted octanol–water partition coefficient (Wildman–Crippen LogP) is 6.99. The van der Waals surface area contributed by atoms with E-state index in [4.69, 9.17) is 37.3 Å². The van der Waals surface area contributed by atoms with Crippen molar-refractivity contribution in [2.24, 2.45) is 0 Å². The lowest BCUT2D eigenvalue weighted by Gasteiger charge is -2.09. The molecule has 0 fully saturated rings. The van der Waals surface area contributed by atoms with Gasteiger partial charge < -0.3 is 33.2 Å². The molecule has 0 unspecified atom stereocenters. The molecule has 0 N–H and O–H groups in total. The Labute approximate surface area is 286 Å². The van der Waals surface area contributed by atoms with Crippen LogP contribution in [0.25, 0.3) is 0 Å². The monoisotopic (exact) mass is 690 g/mol. The maximum atomic E-state index is 12.0. The van der Waals surface area contributed by atoms with Crippen molar-refractivity contribution in [2.45, 2.75) is 102 Å². The van der Waals surface area contributed by atoms with Gasteiger partial charge in [0, 0.05) is 6.61 Å². The van der Waals surface area contributed by atoms with Crippen LogP contribution in [-0.4, -0.2) is 108 Å². The van der Waals surface area contributed by atoms with Gasteiger partial charge in [-0.05, 0) is 18.6 Å². The van der Waals surface area contributed by atoms with Crippen molar-refractivity contribution in [2.75, 3.05) is 99.1 Å². The largest absolute Gasteiger partial charge is 0.379 e. The van der Waals surface area contributed by atoms with Gasteiger partial charge in [0.25, 0.3) is 10.1 Å². The smallest absolute Gasteiger partial charge is 0.297 e. The zero-order chi connectivity index (χ0) is 33.8. The van der Waals surface area contributed by atoms with Crippen LogP contribution in [-0.2, 0) is 47.5 Å². The highest BCUT2D eigenvalue weighted by Gasteiger charge is 2.13. The molecule has 0 heterocycles. The zero-order valence-corrected chi connectivity index (χ0v) is 30.2. The van der Waals surface area contributed by atoms with Gasteiger partial charge in [0.1, 0.15) is 0 Å². The summed E-state index contributed by atoms with van der Waals surface area (Å²) in [7, 11) is -3.75. The highest BCUT2D eigenvalue weighted by atomic mass is 32.2. The Hall–Kier alpha value is -1.15. The molecule has 0 spiro atoms. The second-order valence-electron chi connectivity index (χ2n) is 11.5. The lowest BCUT2D eigenvalue weighted by Crippen LogP contribution is -2.15. The SMILES string of the molecule is CCCCCCCCCCCCCCCCOCCOCCOCCOCCOCCOCCOCCOS(=O)(=O)c1ccccc1. The summed E-state index contributed by atoms with van der Waals surface area (Å²) >= 11 is 0. The van der Waals surface area contributed by atoms with E-state index >= 15 is 0 Å². The van der Waals surface area contributed by atoms with E-state index in [2.05, 4.69) is 6.92 Å². The summed E-state index contributed by atoms with van der Waals surface area (Å²) in [6.45, 7) is 9.18. The van der Waals surface area contributed by atoms with E-state index in [9.17, 15) is 8.42 Å². The third-order valence-electron chi connectivity index (χ3n) is 7.37. The normalized spacial score (nSPS) is 11.9. The second kappa shape index (κ2) is 34.7.